The number of hydrogen-bond donors (Lipinski definition) is 2. The van der Waals surface area contributed by atoms with Gasteiger partial charge in [0, 0.05) is 18.2 Å². The van der Waals surface area contributed by atoms with E-state index in [2.05, 4.69) is 17.3 Å². The van der Waals surface area contributed by atoms with Crippen molar-refractivity contribution in [3.05, 3.63) is 35.4 Å². The first-order valence-electron chi connectivity index (χ1n) is 6.98. The van der Waals surface area contributed by atoms with E-state index >= 15 is 0 Å². The van der Waals surface area contributed by atoms with E-state index in [9.17, 15) is 4.79 Å². The third-order valence-corrected chi connectivity index (χ3v) is 3.85. The van der Waals surface area contributed by atoms with Gasteiger partial charge in [-0.15, -0.1) is 0 Å². The zero-order valence-corrected chi connectivity index (χ0v) is 11.6. The molecule has 19 heavy (non-hydrogen) atoms. The molecule has 1 heterocycles. The molecule has 2 rings (SSSR count). The lowest BCUT2D eigenvalue weighted by molar-refractivity contribution is 0.0942. The van der Waals surface area contributed by atoms with Crippen LogP contribution < -0.4 is 11.1 Å². The van der Waals surface area contributed by atoms with Gasteiger partial charge in [0.2, 0.25) is 0 Å². The zero-order chi connectivity index (χ0) is 13.7. The molecule has 4 heteroatoms. The van der Waals surface area contributed by atoms with Crippen molar-refractivity contribution in [3.63, 3.8) is 0 Å². The van der Waals surface area contributed by atoms with E-state index < -0.39 is 0 Å². The van der Waals surface area contributed by atoms with Crippen molar-refractivity contribution in [2.75, 3.05) is 26.7 Å². The average Bonchev–Trinajstić information content (AvgIpc) is 2.82. The highest BCUT2D eigenvalue weighted by Crippen LogP contribution is 2.14. The van der Waals surface area contributed by atoms with Crippen LogP contribution in [0.3, 0.4) is 0 Å². The molecule has 1 aromatic rings. The Bertz CT molecular complexity index is 433. The maximum Gasteiger partial charge on any atom is 0.251 e. The lowest BCUT2D eigenvalue weighted by Crippen LogP contribution is -2.38. The molecule has 104 valence electrons. The molecule has 0 saturated carbocycles. The fourth-order valence-electron chi connectivity index (χ4n) is 2.66. The molecule has 0 aromatic heterocycles. The van der Waals surface area contributed by atoms with Crippen LogP contribution in [0.4, 0.5) is 0 Å². The van der Waals surface area contributed by atoms with Crippen molar-refractivity contribution in [2.45, 2.75) is 25.3 Å². The summed E-state index contributed by atoms with van der Waals surface area (Å²) >= 11 is 0. The Balaban J connectivity index is 1.95. The van der Waals surface area contributed by atoms with Crippen molar-refractivity contribution in [1.82, 2.24) is 10.2 Å². The van der Waals surface area contributed by atoms with Gasteiger partial charge < -0.3 is 16.0 Å². The van der Waals surface area contributed by atoms with Crippen molar-refractivity contribution >= 4 is 5.91 Å². The second-order valence-electron chi connectivity index (χ2n) is 5.18. The smallest absolute Gasteiger partial charge is 0.251 e. The first-order valence-corrected chi connectivity index (χ1v) is 6.98. The predicted molar refractivity (Wildman–Crippen MR) is 77.2 cm³/mol. The Morgan fingerprint density at radius 2 is 2.26 bits per heavy atom. The number of nitrogens with one attached hydrogen (secondary N) is 1. The molecule has 1 saturated heterocycles. The van der Waals surface area contributed by atoms with E-state index in [1.165, 1.54) is 12.8 Å². The molecule has 0 spiro atoms. The van der Waals surface area contributed by atoms with Crippen LogP contribution in [-0.2, 0) is 6.42 Å². The van der Waals surface area contributed by atoms with Gasteiger partial charge in [0.25, 0.3) is 5.91 Å². The number of likely N-dealkylation sites (tertiary alicyclic amines) is 1. The Morgan fingerprint density at radius 1 is 1.47 bits per heavy atom. The Labute approximate surface area is 115 Å². The van der Waals surface area contributed by atoms with Crippen LogP contribution in [0.1, 0.15) is 28.8 Å². The van der Waals surface area contributed by atoms with Gasteiger partial charge in [-0.25, -0.2) is 0 Å². The Morgan fingerprint density at radius 3 is 2.95 bits per heavy atom. The van der Waals surface area contributed by atoms with Crippen molar-refractivity contribution < 1.29 is 4.79 Å². The molecule has 1 aromatic carbocycles. The number of nitrogens with two attached hydrogens (primary N) is 1. The largest absolute Gasteiger partial charge is 0.350 e. The van der Waals surface area contributed by atoms with E-state index in [0.29, 0.717) is 12.6 Å². The van der Waals surface area contributed by atoms with E-state index in [0.717, 1.165) is 30.6 Å². The number of carbonyl (C=O) groups is 1. The topological polar surface area (TPSA) is 58.4 Å². The van der Waals surface area contributed by atoms with Crippen molar-refractivity contribution in [3.8, 4) is 0 Å². The average molecular weight is 261 g/mol. The molecule has 3 N–H and O–H groups in total. The minimum atomic E-state index is 0.0179. The number of carbonyl (C=O) groups excluding carboxylic acids is 1. The van der Waals surface area contributed by atoms with Crippen LogP contribution >= 0.6 is 0 Å². The van der Waals surface area contributed by atoms with E-state index in [-0.39, 0.29) is 5.91 Å². The molecule has 0 aliphatic carbocycles. The molecule has 1 aliphatic heterocycles. The van der Waals surface area contributed by atoms with Gasteiger partial charge in [-0.3, -0.25) is 4.79 Å². The highest BCUT2D eigenvalue weighted by molar-refractivity contribution is 5.95. The molecule has 1 atom stereocenters. The summed E-state index contributed by atoms with van der Waals surface area (Å²) in [4.78, 5) is 14.5. The minimum absolute atomic E-state index is 0.0179. The lowest BCUT2D eigenvalue weighted by Gasteiger charge is -2.20. The minimum Gasteiger partial charge on any atom is -0.350 e. The van der Waals surface area contributed by atoms with Crippen LogP contribution in [0.2, 0.25) is 0 Å². The van der Waals surface area contributed by atoms with E-state index in [4.69, 9.17) is 5.73 Å². The third-order valence-electron chi connectivity index (χ3n) is 3.85. The predicted octanol–water partition coefficient (Wildman–Crippen LogP) is 1.01. The number of hydrogen-bond acceptors (Lipinski definition) is 3. The molecule has 1 amide bonds. The summed E-state index contributed by atoms with van der Waals surface area (Å²) in [5.41, 5.74) is 7.37. The van der Waals surface area contributed by atoms with Crippen LogP contribution in [0.25, 0.3) is 0 Å². The van der Waals surface area contributed by atoms with Gasteiger partial charge >= 0.3 is 0 Å². The standard InChI is InChI=1S/C15H23N3O/c1-18-10-4-6-13(18)11-17-15(19)14-7-3-2-5-12(14)8-9-16/h2-3,5,7,13H,4,6,8-11,16H2,1H3,(H,17,19). The molecule has 1 fully saturated rings. The van der Waals surface area contributed by atoms with Crippen LogP contribution in [-0.4, -0.2) is 43.5 Å². The Kier molecular flexibility index (Phi) is 4.93. The summed E-state index contributed by atoms with van der Waals surface area (Å²) in [5, 5.41) is 3.05. The molecular formula is C15H23N3O. The molecule has 4 nitrogen and oxygen atoms in total. The fourth-order valence-corrected chi connectivity index (χ4v) is 2.66. The molecular weight excluding hydrogens is 238 g/mol. The normalized spacial score (nSPS) is 19.6. The SMILES string of the molecule is CN1CCCC1CNC(=O)c1ccccc1CCN. The summed E-state index contributed by atoms with van der Waals surface area (Å²) in [6.07, 6.45) is 3.13. The number of amides is 1. The quantitative estimate of drug-likeness (QED) is 0.832. The zero-order valence-electron chi connectivity index (χ0n) is 11.6. The van der Waals surface area contributed by atoms with Gasteiger partial charge in [-0.05, 0) is 51.0 Å². The summed E-state index contributed by atoms with van der Waals surface area (Å²) in [6, 6.07) is 8.18. The second kappa shape index (κ2) is 6.68. The van der Waals surface area contributed by atoms with Gasteiger partial charge in [-0.1, -0.05) is 18.2 Å². The van der Waals surface area contributed by atoms with Crippen LogP contribution in [0.5, 0.6) is 0 Å². The van der Waals surface area contributed by atoms with Gasteiger partial charge in [-0.2, -0.15) is 0 Å². The Hall–Kier alpha value is -1.39. The number of benzene rings is 1. The summed E-state index contributed by atoms with van der Waals surface area (Å²) in [6.45, 7) is 2.42. The van der Waals surface area contributed by atoms with Crippen molar-refractivity contribution in [1.29, 1.82) is 0 Å². The number of likely N-dealkylation sites (N-methyl/N-ethyl adjacent to an activating group) is 1. The highest BCUT2D eigenvalue weighted by Gasteiger charge is 2.21. The van der Waals surface area contributed by atoms with E-state index in [1.54, 1.807) is 0 Å². The maximum absolute atomic E-state index is 12.2. The highest BCUT2D eigenvalue weighted by atomic mass is 16.1. The summed E-state index contributed by atoms with van der Waals surface area (Å²) in [7, 11) is 2.12. The molecule has 1 unspecified atom stereocenters. The lowest BCUT2D eigenvalue weighted by atomic mass is 10.0. The van der Waals surface area contributed by atoms with Crippen LogP contribution in [0, 0.1) is 0 Å². The van der Waals surface area contributed by atoms with Crippen LogP contribution in [0.15, 0.2) is 24.3 Å². The third kappa shape index (κ3) is 3.55. The number of nitrogens with zero attached hydrogens (tertiary/aromatic N) is 1. The second-order valence-corrected chi connectivity index (χ2v) is 5.18. The maximum atomic E-state index is 12.2. The first kappa shape index (κ1) is 14.0. The fraction of sp³-hybridized carbons (Fsp3) is 0.533. The number of rotatable bonds is 5. The molecule has 1 aliphatic rings. The molecule has 0 bridgehead atoms. The summed E-state index contributed by atoms with van der Waals surface area (Å²) in [5.74, 6) is 0.0179. The monoisotopic (exact) mass is 261 g/mol. The summed E-state index contributed by atoms with van der Waals surface area (Å²) < 4.78 is 0. The van der Waals surface area contributed by atoms with Gasteiger partial charge in [0.1, 0.15) is 0 Å². The van der Waals surface area contributed by atoms with Gasteiger partial charge in [0.15, 0.2) is 0 Å². The van der Waals surface area contributed by atoms with Gasteiger partial charge in [0.05, 0.1) is 0 Å². The molecule has 0 radical (unpaired) electrons. The van der Waals surface area contributed by atoms with Crippen molar-refractivity contribution in [2.24, 2.45) is 5.73 Å². The van der Waals surface area contributed by atoms with E-state index in [1.807, 2.05) is 24.3 Å². The first-order chi connectivity index (χ1) is 9.22.